The van der Waals surface area contributed by atoms with Crippen LogP contribution in [0.1, 0.15) is 9.67 Å². The summed E-state index contributed by atoms with van der Waals surface area (Å²) in [5.41, 5.74) is 10.1. The first-order chi connectivity index (χ1) is 16.6. The summed E-state index contributed by atoms with van der Waals surface area (Å²) < 4.78 is 6.68. The van der Waals surface area contributed by atoms with Gasteiger partial charge in [0.1, 0.15) is 15.5 Å². The summed E-state index contributed by atoms with van der Waals surface area (Å²) in [7, 11) is 0. The van der Waals surface area contributed by atoms with Gasteiger partial charge in [-0.2, -0.15) is 0 Å². The molecule has 0 aliphatic carbocycles. The van der Waals surface area contributed by atoms with Gasteiger partial charge >= 0.3 is 0 Å². The van der Waals surface area contributed by atoms with E-state index < -0.39 is 0 Å². The maximum Gasteiger partial charge on any atom is 0.269 e. The Morgan fingerprint density at radius 3 is 2.59 bits per heavy atom. The number of pyridine rings is 1. The van der Waals surface area contributed by atoms with Crippen molar-refractivity contribution >= 4 is 71.4 Å². The number of aromatic nitrogens is 2. The molecule has 6 rings (SSSR count). The Morgan fingerprint density at radius 2 is 1.82 bits per heavy atom. The number of carbonyl (C=O) groups excluding carboxylic acids is 1. The smallest absolute Gasteiger partial charge is 0.269 e. The predicted molar refractivity (Wildman–Crippen MR) is 140 cm³/mol. The number of amides is 1. The van der Waals surface area contributed by atoms with E-state index in [1.165, 1.54) is 22.7 Å². The van der Waals surface area contributed by atoms with Crippen molar-refractivity contribution in [3.63, 3.8) is 0 Å². The summed E-state index contributed by atoms with van der Waals surface area (Å²) >= 11 is 8.72. The highest BCUT2D eigenvalue weighted by atomic mass is 35.5. The van der Waals surface area contributed by atoms with Crippen molar-refractivity contribution in [1.82, 2.24) is 9.97 Å². The zero-order valence-electron chi connectivity index (χ0n) is 17.4. The monoisotopic (exact) mass is 502 g/mol. The van der Waals surface area contributed by atoms with Gasteiger partial charge in [0.2, 0.25) is 0 Å². The molecule has 0 radical (unpaired) electrons. The molecule has 2 aromatic carbocycles. The van der Waals surface area contributed by atoms with E-state index in [0.29, 0.717) is 36.7 Å². The SMILES string of the molecule is Nc1c(C(=O)Nc2nc3ccccc3s2)sc2nc(-c3ccc(Cl)cc3)cc(-c3ccco3)c12. The molecule has 0 saturated carbocycles. The van der Waals surface area contributed by atoms with E-state index in [-0.39, 0.29) is 5.91 Å². The number of anilines is 2. The van der Waals surface area contributed by atoms with Crippen molar-refractivity contribution in [2.24, 2.45) is 0 Å². The third kappa shape index (κ3) is 3.62. The third-order valence-corrected chi connectivity index (χ3v) is 7.65. The highest BCUT2D eigenvalue weighted by Gasteiger charge is 2.23. The average molecular weight is 503 g/mol. The van der Waals surface area contributed by atoms with E-state index in [1.807, 2.05) is 66.7 Å². The van der Waals surface area contributed by atoms with Crippen LogP contribution in [0.3, 0.4) is 0 Å². The second kappa shape index (κ2) is 8.25. The van der Waals surface area contributed by atoms with Crippen LogP contribution in [0.2, 0.25) is 5.02 Å². The number of halogens is 1. The third-order valence-electron chi connectivity index (χ3n) is 5.35. The second-order valence-corrected chi connectivity index (χ2v) is 9.97. The highest BCUT2D eigenvalue weighted by Crippen LogP contribution is 2.42. The van der Waals surface area contributed by atoms with Crippen molar-refractivity contribution in [1.29, 1.82) is 0 Å². The number of hydrogen-bond acceptors (Lipinski definition) is 7. The minimum absolute atomic E-state index is 0.321. The van der Waals surface area contributed by atoms with Gasteiger partial charge in [-0.25, -0.2) is 9.97 Å². The number of thiazole rings is 1. The quantitative estimate of drug-likeness (QED) is 0.263. The lowest BCUT2D eigenvalue weighted by molar-refractivity contribution is 0.103. The molecule has 6 nitrogen and oxygen atoms in total. The summed E-state index contributed by atoms with van der Waals surface area (Å²) in [5, 5.41) is 4.74. The maximum atomic E-state index is 13.2. The van der Waals surface area contributed by atoms with E-state index in [0.717, 1.165) is 27.0 Å². The molecule has 4 heterocycles. The Morgan fingerprint density at radius 1 is 1.00 bits per heavy atom. The summed E-state index contributed by atoms with van der Waals surface area (Å²) in [4.78, 5) is 23.5. The molecule has 4 aromatic heterocycles. The van der Waals surface area contributed by atoms with Crippen LogP contribution >= 0.6 is 34.3 Å². The number of rotatable bonds is 4. The van der Waals surface area contributed by atoms with Gasteiger partial charge in [-0.05, 0) is 42.5 Å². The van der Waals surface area contributed by atoms with Crippen LogP contribution in [0.4, 0.5) is 10.8 Å². The first-order valence-electron chi connectivity index (χ1n) is 10.3. The second-order valence-electron chi connectivity index (χ2n) is 7.51. The lowest BCUT2D eigenvalue weighted by Crippen LogP contribution is -2.11. The number of fused-ring (bicyclic) bond motifs is 2. The zero-order chi connectivity index (χ0) is 23.2. The predicted octanol–water partition coefficient (Wildman–Crippen LogP) is 7.32. The molecule has 6 aromatic rings. The summed E-state index contributed by atoms with van der Waals surface area (Å²) in [6.45, 7) is 0. The first kappa shape index (κ1) is 20.9. The van der Waals surface area contributed by atoms with E-state index in [2.05, 4.69) is 10.3 Å². The number of hydrogen-bond donors (Lipinski definition) is 2. The van der Waals surface area contributed by atoms with E-state index in [9.17, 15) is 4.79 Å². The summed E-state index contributed by atoms with van der Waals surface area (Å²) in [5.74, 6) is 0.322. The van der Waals surface area contributed by atoms with Crippen LogP contribution in [0, 0.1) is 0 Å². The number of nitrogens with two attached hydrogens (primary N) is 1. The van der Waals surface area contributed by atoms with Crippen LogP contribution in [-0.4, -0.2) is 15.9 Å². The van der Waals surface area contributed by atoms with E-state index in [1.54, 1.807) is 6.26 Å². The number of benzene rings is 2. The topological polar surface area (TPSA) is 94.0 Å². The highest BCUT2D eigenvalue weighted by molar-refractivity contribution is 7.23. The molecular formula is C25H15ClN4O2S2. The van der Waals surface area contributed by atoms with Gasteiger partial charge in [0.15, 0.2) is 5.13 Å². The van der Waals surface area contributed by atoms with Gasteiger partial charge in [-0.1, -0.05) is 47.2 Å². The minimum Gasteiger partial charge on any atom is -0.464 e. The molecule has 0 atom stereocenters. The number of thiophene rings is 1. The first-order valence-corrected chi connectivity index (χ1v) is 12.3. The van der Waals surface area contributed by atoms with Gasteiger partial charge < -0.3 is 10.2 Å². The standard InChI is InChI=1S/C25H15ClN4O2S2/c26-14-9-7-13(8-10-14)17-12-15(18-5-3-11-32-18)20-21(27)22(34-24(20)28-17)23(31)30-25-29-16-4-1-2-6-19(16)33-25/h1-12H,27H2,(H,29,30,31). The maximum absolute atomic E-state index is 13.2. The minimum atomic E-state index is -0.321. The summed E-state index contributed by atoms with van der Waals surface area (Å²) in [6, 6.07) is 20.8. The molecule has 0 fully saturated rings. The Bertz CT molecular complexity index is 1640. The van der Waals surface area contributed by atoms with Gasteiger partial charge in [-0.3, -0.25) is 10.1 Å². The number of furan rings is 1. The number of carbonyl (C=O) groups is 1. The largest absolute Gasteiger partial charge is 0.464 e. The van der Waals surface area contributed by atoms with Crippen LogP contribution in [0.5, 0.6) is 0 Å². The fraction of sp³-hybridized carbons (Fsp3) is 0. The number of nitrogens with one attached hydrogen (secondary N) is 1. The zero-order valence-corrected chi connectivity index (χ0v) is 19.8. The van der Waals surface area contributed by atoms with Gasteiger partial charge in [0, 0.05) is 21.5 Å². The molecule has 166 valence electrons. The van der Waals surface area contributed by atoms with Crippen LogP contribution in [-0.2, 0) is 0 Å². The van der Waals surface area contributed by atoms with Crippen molar-refractivity contribution in [3.05, 3.63) is 82.9 Å². The summed E-state index contributed by atoms with van der Waals surface area (Å²) in [6.07, 6.45) is 1.60. The van der Waals surface area contributed by atoms with Crippen molar-refractivity contribution in [2.45, 2.75) is 0 Å². The Balaban J connectivity index is 1.46. The van der Waals surface area contributed by atoms with Gasteiger partial charge in [0.25, 0.3) is 5.91 Å². The normalized spacial score (nSPS) is 11.3. The van der Waals surface area contributed by atoms with E-state index >= 15 is 0 Å². The van der Waals surface area contributed by atoms with Crippen LogP contribution < -0.4 is 11.1 Å². The van der Waals surface area contributed by atoms with Crippen LogP contribution in [0.15, 0.2) is 77.4 Å². The van der Waals surface area contributed by atoms with Gasteiger partial charge in [-0.15, -0.1) is 11.3 Å². The molecule has 0 spiro atoms. The Hall–Kier alpha value is -3.72. The molecule has 34 heavy (non-hydrogen) atoms. The molecule has 0 saturated heterocycles. The van der Waals surface area contributed by atoms with Crippen molar-refractivity contribution < 1.29 is 9.21 Å². The molecule has 9 heteroatoms. The molecule has 1 amide bonds. The van der Waals surface area contributed by atoms with Crippen LogP contribution in [0.25, 0.3) is 43.0 Å². The Labute approximate surface area is 206 Å². The molecule has 0 aliphatic heterocycles. The number of nitrogens with zero attached hydrogens (tertiary/aromatic N) is 2. The molecule has 0 aliphatic rings. The van der Waals surface area contributed by atoms with Crippen molar-refractivity contribution in [2.75, 3.05) is 11.1 Å². The molecule has 3 N–H and O–H groups in total. The number of nitrogen functional groups attached to an aromatic ring is 1. The number of para-hydroxylation sites is 1. The molecule has 0 unspecified atom stereocenters. The fourth-order valence-corrected chi connectivity index (χ4v) is 5.77. The van der Waals surface area contributed by atoms with E-state index in [4.69, 9.17) is 26.7 Å². The lowest BCUT2D eigenvalue weighted by atomic mass is 10.0. The van der Waals surface area contributed by atoms with Gasteiger partial charge in [0.05, 0.1) is 27.9 Å². The fourth-order valence-electron chi connectivity index (χ4n) is 3.76. The molecule has 0 bridgehead atoms. The average Bonchev–Trinajstić information content (AvgIpc) is 3.58. The Kier molecular flexibility index (Phi) is 5.06. The molecular weight excluding hydrogens is 488 g/mol. The van der Waals surface area contributed by atoms with Crippen molar-refractivity contribution in [3.8, 4) is 22.6 Å². The lowest BCUT2D eigenvalue weighted by Gasteiger charge is -2.07.